The molecule has 0 aliphatic carbocycles. The minimum absolute atomic E-state index is 0.0765. The van der Waals surface area contributed by atoms with Crippen molar-refractivity contribution in [2.45, 2.75) is 45.2 Å². The third-order valence-electron chi connectivity index (χ3n) is 5.30. The average Bonchev–Trinajstić information content (AvgIpc) is 3.41. The maximum Gasteiger partial charge on any atom is 0.328 e. The molecule has 1 aliphatic heterocycles. The smallest absolute Gasteiger partial charge is 0.328 e. The van der Waals surface area contributed by atoms with Crippen molar-refractivity contribution in [1.82, 2.24) is 19.7 Å². The molecule has 0 spiro atoms. The highest BCUT2D eigenvalue weighted by Crippen LogP contribution is 2.29. The average molecular weight is 396 g/mol. The molecule has 152 valence electrons. The maximum absolute atomic E-state index is 13.6. The summed E-state index contributed by atoms with van der Waals surface area (Å²) in [5.74, 6) is -0.0308. The van der Waals surface area contributed by atoms with Crippen LogP contribution in [0.25, 0.3) is 22.5 Å². The van der Waals surface area contributed by atoms with Crippen molar-refractivity contribution in [3.8, 4) is 11.5 Å². The molecular weight excluding hydrogens is 372 g/mol. The predicted molar refractivity (Wildman–Crippen MR) is 106 cm³/mol. The van der Waals surface area contributed by atoms with Gasteiger partial charge in [0.05, 0.1) is 30.5 Å². The normalized spacial score (nSPS) is 17.1. The first-order valence-electron chi connectivity index (χ1n) is 9.82. The monoisotopic (exact) mass is 396 g/mol. The zero-order valence-corrected chi connectivity index (χ0v) is 16.8. The van der Waals surface area contributed by atoms with Crippen molar-refractivity contribution in [1.29, 1.82) is 0 Å². The van der Waals surface area contributed by atoms with Gasteiger partial charge >= 0.3 is 5.97 Å². The number of esters is 1. The molecule has 1 fully saturated rings. The van der Waals surface area contributed by atoms with Crippen LogP contribution < -0.4 is 0 Å². The van der Waals surface area contributed by atoms with E-state index in [0.29, 0.717) is 41.0 Å². The minimum Gasteiger partial charge on any atom is -0.467 e. The summed E-state index contributed by atoms with van der Waals surface area (Å²) in [5.41, 5.74) is 1.63. The number of aromatic nitrogens is 3. The molecule has 1 aliphatic rings. The van der Waals surface area contributed by atoms with Crippen LogP contribution in [-0.4, -0.2) is 51.2 Å². The van der Waals surface area contributed by atoms with Crippen molar-refractivity contribution < 1.29 is 18.7 Å². The Morgan fingerprint density at radius 2 is 2.14 bits per heavy atom. The quantitative estimate of drug-likeness (QED) is 0.628. The van der Waals surface area contributed by atoms with E-state index in [2.05, 4.69) is 5.10 Å². The molecule has 0 saturated carbocycles. The predicted octanol–water partition coefficient (Wildman–Crippen LogP) is 3.44. The van der Waals surface area contributed by atoms with Crippen LogP contribution in [0.2, 0.25) is 0 Å². The van der Waals surface area contributed by atoms with Crippen molar-refractivity contribution in [2.24, 2.45) is 0 Å². The Kier molecular flexibility index (Phi) is 5.08. The van der Waals surface area contributed by atoms with Gasteiger partial charge in [-0.05, 0) is 51.3 Å². The number of furan rings is 1. The number of carbonyl (C=O) groups is 2. The van der Waals surface area contributed by atoms with Crippen LogP contribution >= 0.6 is 0 Å². The zero-order valence-electron chi connectivity index (χ0n) is 16.8. The van der Waals surface area contributed by atoms with Crippen LogP contribution in [0, 0.1) is 0 Å². The number of pyridine rings is 1. The molecule has 8 nitrogen and oxygen atoms in total. The van der Waals surface area contributed by atoms with Gasteiger partial charge in [0.2, 0.25) is 0 Å². The number of amides is 1. The first-order chi connectivity index (χ1) is 14.0. The molecular formula is C21H24N4O4. The number of fused-ring (bicyclic) bond motifs is 1. The summed E-state index contributed by atoms with van der Waals surface area (Å²) in [7, 11) is 1.35. The lowest BCUT2D eigenvalue weighted by Crippen LogP contribution is -2.48. The number of piperidine rings is 1. The molecule has 0 aromatic carbocycles. The van der Waals surface area contributed by atoms with Gasteiger partial charge in [-0.1, -0.05) is 0 Å². The fourth-order valence-corrected chi connectivity index (χ4v) is 3.83. The number of carbonyl (C=O) groups excluding carboxylic acids is 2. The minimum atomic E-state index is -0.573. The first-order valence-corrected chi connectivity index (χ1v) is 9.82. The van der Waals surface area contributed by atoms with Gasteiger partial charge in [-0.2, -0.15) is 5.10 Å². The third-order valence-corrected chi connectivity index (χ3v) is 5.30. The summed E-state index contributed by atoms with van der Waals surface area (Å²) in [6, 6.07) is 4.81. The fraction of sp³-hybridized carbons (Fsp3) is 0.429. The molecule has 1 atom stereocenters. The van der Waals surface area contributed by atoms with Gasteiger partial charge in [-0.15, -0.1) is 0 Å². The summed E-state index contributed by atoms with van der Waals surface area (Å²) >= 11 is 0. The van der Waals surface area contributed by atoms with Gasteiger partial charge in [-0.3, -0.25) is 4.79 Å². The molecule has 0 N–H and O–H groups in total. The topological polar surface area (TPSA) is 90.5 Å². The van der Waals surface area contributed by atoms with Gasteiger partial charge in [0, 0.05) is 12.6 Å². The van der Waals surface area contributed by atoms with Crippen LogP contribution in [-0.2, 0) is 9.53 Å². The summed E-state index contributed by atoms with van der Waals surface area (Å²) in [4.78, 5) is 32.1. The molecule has 3 aromatic heterocycles. The largest absolute Gasteiger partial charge is 0.467 e. The van der Waals surface area contributed by atoms with Crippen LogP contribution in [0.1, 0.15) is 49.5 Å². The van der Waals surface area contributed by atoms with E-state index in [4.69, 9.17) is 14.1 Å². The Morgan fingerprint density at radius 1 is 1.31 bits per heavy atom. The van der Waals surface area contributed by atoms with Crippen molar-refractivity contribution in [3.63, 3.8) is 0 Å². The van der Waals surface area contributed by atoms with Gasteiger partial charge < -0.3 is 14.1 Å². The lowest BCUT2D eigenvalue weighted by Gasteiger charge is -2.34. The molecule has 29 heavy (non-hydrogen) atoms. The second-order valence-electron chi connectivity index (χ2n) is 7.49. The summed E-state index contributed by atoms with van der Waals surface area (Å²) in [6.07, 6.45) is 5.57. The van der Waals surface area contributed by atoms with Crippen LogP contribution in [0.3, 0.4) is 0 Å². The van der Waals surface area contributed by atoms with E-state index in [9.17, 15) is 9.59 Å². The van der Waals surface area contributed by atoms with E-state index in [1.807, 2.05) is 13.8 Å². The Labute approximate surface area is 168 Å². The highest BCUT2D eigenvalue weighted by Gasteiger charge is 2.34. The number of methoxy groups -OCH3 is 1. The van der Waals surface area contributed by atoms with E-state index < -0.39 is 6.04 Å². The van der Waals surface area contributed by atoms with Gasteiger partial charge in [0.1, 0.15) is 11.7 Å². The van der Waals surface area contributed by atoms with Crippen LogP contribution in [0.15, 0.2) is 35.1 Å². The Balaban J connectivity index is 1.85. The Bertz CT molecular complexity index is 1040. The van der Waals surface area contributed by atoms with E-state index in [-0.39, 0.29) is 17.9 Å². The molecule has 1 amide bonds. The van der Waals surface area contributed by atoms with Gasteiger partial charge in [0.25, 0.3) is 5.91 Å². The lowest BCUT2D eigenvalue weighted by molar-refractivity contribution is -0.147. The summed E-state index contributed by atoms with van der Waals surface area (Å²) in [5, 5.41) is 5.10. The second kappa shape index (κ2) is 7.69. The second-order valence-corrected chi connectivity index (χ2v) is 7.49. The summed E-state index contributed by atoms with van der Waals surface area (Å²) < 4.78 is 12.2. The highest BCUT2D eigenvalue weighted by molar-refractivity contribution is 6.07. The number of hydrogen-bond donors (Lipinski definition) is 0. The number of likely N-dealkylation sites (tertiary alicyclic amines) is 1. The number of ether oxygens (including phenoxy) is 1. The van der Waals surface area contributed by atoms with E-state index >= 15 is 0 Å². The molecule has 0 radical (unpaired) electrons. The molecule has 1 saturated heterocycles. The zero-order chi connectivity index (χ0) is 20.5. The highest BCUT2D eigenvalue weighted by atomic mass is 16.5. The van der Waals surface area contributed by atoms with E-state index in [1.54, 1.807) is 40.2 Å². The number of hydrogen-bond acceptors (Lipinski definition) is 6. The Morgan fingerprint density at radius 3 is 2.83 bits per heavy atom. The first kappa shape index (κ1) is 19.2. The van der Waals surface area contributed by atoms with Crippen molar-refractivity contribution in [3.05, 3.63) is 36.2 Å². The Hall–Kier alpha value is -3.16. The SMILES string of the molecule is COC(=O)C1CCCCN1C(=O)c1cc(-c2ccco2)nc2c1cnn2C(C)C. The number of nitrogens with zero attached hydrogens (tertiary/aromatic N) is 4. The standard InChI is InChI=1S/C21H24N4O4/c1-13(2)25-19-15(12-22-25)14(11-16(23-19)18-8-6-10-29-18)20(26)24-9-5-4-7-17(24)21(27)28-3/h6,8,10-13,17H,4-5,7,9H2,1-3H3. The van der Waals surface area contributed by atoms with E-state index in [1.165, 1.54) is 7.11 Å². The van der Waals surface area contributed by atoms with E-state index in [0.717, 1.165) is 12.8 Å². The molecule has 8 heteroatoms. The molecule has 0 bridgehead atoms. The lowest BCUT2D eigenvalue weighted by atomic mass is 10.00. The maximum atomic E-state index is 13.6. The fourth-order valence-electron chi connectivity index (χ4n) is 3.83. The molecule has 3 aromatic rings. The van der Waals surface area contributed by atoms with Crippen LogP contribution in [0.5, 0.6) is 0 Å². The molecule has 1 unspecified atom stereocenters. The van der Waals surface area contributed by atoms with Crippen molar-refractivity contribution in [2.75, 3.05) is 13.7 Å². The molecule has 4 rings (SSSR count). The summed E-state index contributed by atoms with van der Waals surface area (Å²) in [6.45, 7) is 4.52. The third kappa shape index (κ3) is 3.39. The van der Waals surface area contributed by atoms with Crippen molar-refractivity contribution >= 4 is 22.9 Å². The van der Waals surface area contributed by atoms with Crippen LogP contribution in [0.4, 0.5) is 0 Å². The van der Waals surface area contributed by atoms with Gasteiger partial charge in [0.15, 0.2) is 11.4 Å². The number of rotatable bonds is 4. The van der Waals surface area contributed by atoms with Gasteiger partial charge in [-0.25, -0.2) is 14.5 Å². The molecule has 4 heterocycles.